The number of nitrogens with zero attached hydrogens (tertiary/aromatic N) is 2. The summed E-state index contributed by atoms with van der Waals surface area (Å²) >= 11 is 3.59. The number of aromatic nitrogens is 2. The number of hydrogen-bond donors (Lipinski definition) is 0. The lowest BCUT2D eigenvalue weighted by atomic mass is 10.0. The van der Waals surface area contributed by atoms with E-state index in [1.807, 2.05) is 60.0 Å². The molecule has 5 aromatic rings. The topological polar surface area (TPSA) is 26.4 Å². The molecule has 0 aliphatic carbocycles. The van der Waals surface area contributed by atoms with Gasteiger partial charge in [-0.05, 0) is 29.8 Å². The van der Waals surface area contributed by atoms with E-state index in [1.165, 1.54) is 0 Å². The van der Waals surface area contributed by atoms with Gasteiger partial charge in [-0.2, -0.15) is 0 Å². The second kappa shape index (κ2) is 5.58. The summed E-state index contributed by atoms with van der Waals surface area (Å²) in [6.07, 6.45) is 0. The molecule has 3 aromatic carbocycles. The lowest BCUT2D eigenvalue weighted by molar-refractivity contribution is 0.838. The Morgan fingerprint density at radius 1 is 0.808 bits per heavy atom. The maximum Gasteiger partial charge on any atom is 0.333 e. The quantitative estimate of drug-likeness (QED) is 0.369. The first-order chi connectivity index (χ1) is 12.7. The van der Waals surface area contributed by atoms with Crippen molar-refractivity contribution in [2.75, 3.05) is 0 Å². The lowest BCUT2D eigenvalue weighted by Gasteiger charge is -2.09. The van der Waals surface area contributed by atoms with Crippen LogP contribution in [-0.2, 0) is 7.05 Å². The predicted molar refractivity (Wildman–Crippen MR) is 111 cm³/mol. The number of aryl methyl sites for hydroxylation is 1. The van der Waals surface area contributed by atoms with Crippen LogP contribution in [0.4, 0.5) is 0 Å². The summed E-state index contributed by atoms with van der Waals surface area (Å²) in [7, 11) is 1.83. The van der Waals surface area contributed by atoms with E-state index in [0.717, 1.165) is 42.9 Å². The van der Waals surface area contributed by atoms with E-state index in [9.17, 15) is 4.79 Å². The van der Waals surface area contributed by atoms with Crippen LogP contribution in [-0.4, -0.2) is 8.97 Å². The van der Waals surface area contributed by atoms with Gasteiger partial charge in [0.15, 0.2) is 0 Å². The highest BCUT2D eigenvalue weighted by Gasteiger charge is 2.19. The largest absolute Gasteiger partial charge is 0.333 e. The molecule has 2 heterocycles. The van der Waals surface area contributed by atoms with Crippen molar-refractivity contribution >= 4 is 43.3 Å². The molecule has 0 spiro atoms. The van der Waals surface area contributed by atoms with Gasteiger partial charge in [0.1, 0.15) is 0 Å². The van der Waals surface area contributed by atoms with Crippen LogP contribution in [0.1, 0.15) is 0 Å². The zero-order valence-corrected chi connectivity index (χ0v) is 15.7. The average Bonchev–Trinajstić information content (AvgIpc) is 3.01. The first-order valence-electron chi connectivity index (χ1n) is 8.43. The zero-order valence-electron chi connectivity index (χ0n) is 14.1. The SMILES string of the molecule is Cn1c(=O)n2c3ccc(Br)cc3c(-c3ccccc3)c2c2ccccc21. The molecule has 4 heteroatoms. The summed E-state index contributed by atoms with van der Waals surface area (Å²) in [4.78, 5) is 13.2. The Kier molecular flexibility index (Phi) is 3.31. The Bertz CT molecular complexity index is 1360. The number of para-hydroxylation sites is 1. The summed E-state index contributed by atoms with van der Waals surface area (Å²) < 4.78 is 4.56. The fraction of sp³-hybridized carbons (Fsp3) is 0.0455. The fourth-order valence-electron chi connectivity index (χ4n) is 3.83. The Labute approximate surface area is 158 Å². The van der Waals surface area contributed by atoms with Gasteiger partial charge in [0.25, 0.3) is 0 Å². The molecule has 0 fully saturated rings. The number of halogens is 1. The summed E-state index contributed by atoms with van der Waals surface area (Å²) in [5.41, 5.74) is 4.99. The molecule has 0 unspecified atom stereocenters. The molecule has 0 saturated carbocycles. The number of hydrogen-bond acceptors (Lipinski definition) is 1. The van der Waals surface area contributed by atoms with Gasteiger partial charge in [-0.1, -0.05) is 64.5 Å². The van der Waals surface area contributed by atoms with E-state index in [4.69, 9.17) is 0 Å². The maximum absolute atomic E-state index is 13.2. The van der Waals surface area contributed by atoms with E-state index in [0.29, 0.717) is 0 Å². The summed E-state index contributed by atoms with van der Waals surface area (Å²) in [5, 5.41) is 2.14. The molecular weight excluding hydrogens is 388 g/mol. The third-order valence-electron chi connectivity index (χ3n) is 4.99. The molecule has 0 N–H and O–H groups in total. The monoisotopic (exact) mass is 402 g/mol. The molecule has 0 aliphatic heterocycles. The van der Waals surface area contributed by atoms with E-state index >= 15 is 0 Å². The van der Waals surface area contributed by atoms with Crippen molar-refractivity contribution in [1.82, 2.24) is 8.97 Å². The third kappa shape index (κ3) is 2.02. The number of rotatable bonds is 1. The molecule has 0 amide bonds. The van der Waals surface area contributed by atoms with E-state index < -0.39 is 0 Å². The standard InChI is InChI=1S/C22H15BrN2O/c1-24-18-10-6-5-9-16(18)21-20(14-7-3-2-4-8-14)17-13-15(23)11-12-19(17)25(21)22(24)26/h2-13H,1H3. The molecule has 0 bridgehead atoms. The van der Waals surface area contributed by atoms with E-state index in [-0.39, 0.29) is 5.69 Å². The van der Waals surface area contributed by atoms with Gasteiger partial charge in [-0.25, -0.2) is 4.79 Å². The van der Waals surface area contributed by atoms with Gasteiger partial charge >= 0.3 is 5.69 Å². The Morgan fingerprint density at radius 3 is 2.35 bits per heavy atom. The second-order valence-corrected chi connectivity index (χ2v) is 7.36. The van der Waals surface area contributed by atoms with Crippen LogP contribution in [0.5, 0.6) is 0 Å². The van der Waals surface area contributed by atoms with Gasteiger partial charge in [0.05, 0.1) is 16.6 Å². The van der Waals surface area contributed by atoms with Gasteiger partial charge in [-0.15, -0.1) is 0 Å². The van der Waals surface area contributed by atoms with Gasteiger partial charge in [0, 0.05) is 27.9 Å². The number of fused-ring (bicyclic) bond motifs is 5. The van der Waals surface area contributed by atoms with Crippen LogP contribution >= 0.6 is 15.9 Å². The smallest absolute Gasteiger partial charge is 0.296 e. The minimum atomic E-state index is -0.0341. The molecule has 26 heavy (non-hydrogen) atoms. The lowest BCUT2D eigenvalue weighted by Crippen LogP contribution is -2.24. The fourth-order valence-corrected chi connectivity index (χ4v) is 4.19. The zero-order chi connectivity index (χ0) is 17.8. The van der Waals surface area contributed by atoms with Gasteiger partial charge in [0.2, 0.25) is 0 Å². The van der Waals surface area contributed by atoms with Crippen molar-refractivity contribution in [1.29, 1.82) is 0 Å². The predicted octanol–water partition coefficient (Wildman–Crippen LogP) is 5.37. The Balaban J connectivity index is 2.18. The average molecular weight is 403 g/mol. The van der Waals surface area contributed by atoms with E-state index in [2.05, 4.69) is 40.2 Å². The van der Waals surface area contributed by atoms with Crippen LogP contribution in [0.2, 0.25) is 0 Å². The Hall–Kier alpha value is -2.85. The highest BCUT2D eigenvalue weighted by atomic mass is 79.9. The molecule has 0 atom stereocenters. The molecule has 0 aliphatic rings. The summed E-state index contributed by atoms with van der Waals surface area (Å²) in [5.74, 6) is 0. The minimum Gasteiger partial charge on any atom is -0.296 e. The van der Waals surface area contributed by atoms with Crippen molar-refractivity contribution in [2.45, 2.75) is 0 Å². The van der Waals surface area contributed by atoms with Crippen molar-refractivity contribution in [2.24, 2.45) is 7.05 Å². The molecule has 0 saturated heterocycles. The van der Waals surface area contributed by atoms with Crippen molar-refractivity contribution in [3.63, 3.8) is 0 Å². The van der Waals surface area contributed by atoms with Crippen LogP contribution < -0.4 is 5.69 Å². The molecular formula is C22H15BrN2O. The van der Waals surface area contributed by atoms with Crippen LogP contribution in [0.15, 0.2) is 82.1 Å². The molecule has 5 rings (SSSR count). The molecule has 0 radical (unpaired) electrons. The van der Waals surface area contributed by atoms with Gasteiger partial charge in [-0.3, -0.25) is 8.97 Å². The van der Waals surface area contributed by atoms with Crippen LogP contribution in [0.3, 0.4) is 0 Å². The molecule has 126 valence electrons. The second-order valence-electron chi connectivity index (χ2n) is 6.45. The maximum atomic E-state index is 13.2. The first kappa shape index (κ1) is 15.4. The van der Waals surface area contributed by atoms with E-state index in [1.54, 1.807) is 4.57 Å². The minimum absolute atomic E-state index is 0.0341. The number of benzene rings is 3. The molecule has 3 nitrogen and oxygen atoms in total. The van der Waals surface area contributed by atoms with Crippen molar-refractivity contribution < 1.29 is 0 Å². The van der Waals surface area contributed by atoms with Crippen molar-refractivity contribution in [3.05, 3.63) is 87.8 Å². The van der Waals surface area contributed by atoms with Crippen molar-refractivity contribution in [3.8, 4) is 11.1 Å². The summed E-state index contributed by atoms with van der Waals surface area (Å²) in [6.45, 7) is 0. The normalized spacial score (nSPS) is 11.6. The molecule has 2 aromatic heterocycles. The summed E-state index contributed by atoms with van der Waals surface area (Å²) in [6, 6.07) is 24.4. The highest BCUT2D eigenvalue weighted by molar-refractivity contribution is 9.10. The Morgan fingerprint density at radius 2 is 1.54 bits per heavy atom. The highest BCUT2D eigenvalue weighted by Crippen LogP contribution is 2.38. The van der Waals surface area contributed by atoms with Crippen LogP contribution in [0.25, 0.3) is 38.4 Å². The third-order valence-corrected chi connectivity index (χ3v) is 5.48. The van der Waals surface area contributed by atoms with Crippen LogP contribution in [0, 0.1) is 0 Å². The van der Waals surface area contributed by atoms with Gasteiger partial charge < -0.3 is 0 Å². The first-order valence-corrected chi connectivity index (χ1v) is 9.23.